The first-order valence-corrected chi connectivity index (χ1v) is 6.16. The zero-order valence-electron chi connectivity index (χ0n) is 11.5. The largest absolute Gasteiger partial charge is 0.473 e. The van der Waals surface area contributed by atoms with Gasteiger partial charge in [0.15, 0.2) is 0 Å². The zero-order valence-corrected chi connectivity index (χ0v) is 11.5. The summed E-state index contributed by atoms with van der Waals surface area (Å²) in [6, 6.07) is 10.3. The lowest BCUT2D eigenvalue weighted by molar-refractivity contribution is -0.159. The van der Waals surface area contributed by atoms with Crippen LogP contribution in [0.3, 0.4) is 0 Å². The summed E-state index contributed by atoms with van der Waals surface area (Å²) in [5.74, 6) is -3.65. The maximum atomic E-state index is 9.10. The molecule has 110 valence electrons. The predicted octanol–water partition coefficient (Wildman–Crippen LogP) is 1.62. The van der Waals surface area contributed by atoms with Crippen LogP contribution in [0.15, 0.2) is 42.6 Å². The molecule has 0 radical (unpaired) electrons. The lowest BCUT2D eigenvalue weighted by atomic mass is 10.1. The monoisotopic (exact) mass is 288 g/mol. The third kappa shape index (κ3) is 5.84. The van der Waals surface area contributed by atoms with Crippen LogP contribution >= 0.6 is 0 Å². The number of carboxylic acids is 2. The lowest BCUT2D eigenvalue weighted by Crippen LogP contribution is -2.09. The zero-order chi connectivity index (χ0) is 15.7. The van der Waals surface area contributed by atoms with E-state index in [0.29, 0.717) is 0 Å². The van der Waals surface area contributed by atoms with Gasteiger partial charge in [-0.15, -0.1) is 0 Å². The van der Waals surface area contributed by atoms with Crippen molar-refractivity contribution < 1.29 is 19.8 Å². The molecule has 1 aromatic carbocycles. The molecule has 0 aliphatic heterocycles. The van der Waals surface area contributed by atoms with Crippen molar-refractivity contribution in [2.45, 2.75) is 0 Å². The molecule has 21 heavy (non-hydrogen) atoms. The summed E-state index contributed by atoms with van der Waals surface area (Å²) in [7, 11) is 1.94. The van der Waals surface area contributed by atoms with Gasteiger partial charge < -0.3 is 15.5 Å². The van der Waals surface area contributed by atoms with Crippen molar-refractivity contribution in [1.82, 2.24) is 10.3 Å². The van der Waals surface area contributed by atoms with Crippen LogP contribution < -0.4 is 5.32 Å². The number of pyridine rings is 1. The van der Waals surface area contributed by atoms with Gasteiger partial charge in [-0.25, -0.2) is 9.59 Å². The van der Waals surface area contributed by atoms with E-state index in [-0.39, 0.29) is 0 Å². The number of benzene rings is 1. The molecule has 0 bridgehead atoms. The molecule has 0 saturated carbocycles. The Morgan fingerprint density at radius 2 is 1.95 bits per heavy atom. The number of carboxylic acid groups (broad SMARTS) is 2. The van der Waals surface area contributed by atoms with Crippen LogP contribution in [-0.2, 0) is 9.59 Å². The quantitative estimate of drug-likeness (QED) is 0.742. The van der Waals surface area contributed by atoms with Crippen LogP contribution in [0, 0.1) is 0 Å². The average molecular weight is 288 g/mol. The lowest BCUT2D eigenvalue weighted by Gasteiger charge is -1.98. The van der Waals surface area contributed by atoms with Crippen molar-refractivity contribution in [3.8, 4) is 0 Å². The van der Waals surface area contributed by atoms with Crippen molar-refractivity contribution in [3.63, 3.8) is 0 Å². The Morgan fingerprint density at radius 3 is 2.57 bits per heavy atom. The highest BCUT2D eigenvalue weighted by Crippen LogP contribution is 2.13. The number of rotatable bonds is 3. The molecular weight excluding hydrogens is 272 g/mol. The first-order valence-electron chi connectivity index (χ1n) is 6.16. The third-order valence-electron chi connectivity index (χ3n) is 2.44. The molecule has 0 amide bonds. The standard InChI is InChI=1S/C13H14N2.C2H2O4/c1-14-8-2-4-11-6-7-13-12(10-11)5-3-9-15-13;3-1(4)2(5)6/h2-7,9-10,14H,8H2,1H3;(H,3,4)(H,5,6)/b4-2-;. The molecule has 6 nitrogen and oxygen atoms in total. The van der Waals surface area contributed by atoms with E-state index < -0.39 is 11.9 Å². The summed E-state index contributed by atoms with van der Waals surface area (Å²) in [4.78, 5) is 22.5. The molecule has 2 aromatic rings. The Morgan fingerprint density at radius 1 is 1.24 bits per heavy atom. The van der Waals surface area contributed by atoms with Crippen LogP contribution in [0.1, 0.15) is 5.56 Å². The highest BCUT2D eigenvalue weighted by atomic mass is 16.4. The van der Waals surface area contributed by atoms with Crippen molar-refractivity contribution in [1.29, 1.82) is 0 Å². The smallest absolute Gasteiger partial charge is 0.414 e. The van der Waals surface area contributed by atoms with Gasteiger partial charge in [0.1, 0.15) is 0 Å². The first-order chi connectivity index (χ1) is 10.0. The van der Waals surface area contributed by atoms with Gasteiger partial charge in [0, 0.05) is 18.1 Å². The minimum atomic E-state index is -1.82. The maximum Gasteiger partial charge on any atom is 0.414 e. The van der Waals surface area contributed by atoms with Crippen molar-refractivity contribution in [3.05, 3.63) is 48.2 Å². The second-order valence-corrected chi connectivity index (χ2v) is 4.03. The number of aromatic nitrogens is 1. The molecule has 1 aromatic heterocycles. The van der Waals surface area contributed by atoms with E-state index >= 15 is 0 Å². The van der Waals surface area contributed by atoms with Gasteiger partial charge in [-0.3, -0.25) is 4.98 Å². The molecular formula is C15H16N2O4. The summed E-state index contributed by atoms with van der Waals surface area (Å²) in [6.07, 6.45) is 6.04. The van der Waals surface area contributed by atoms with Gasteiger partial charge >= 0.3 is 11.9 Å². The van der Waals surface area contributed by atoms with E-state index in [2.05, 4.69) is 40.7 Å². The Hall–Kier alpha value is -2.73. The minimum absolute atomic E-state index is 0.894. The van der Waals surface area contributed by atoms with Crippen molar-refractivity contribution in [2.75, 3.05) is 13.6 Å². The van der Waals surface area contributed by atoms with Gasteiger partial charge in [-0.2, -0.15) is 0 Å². The molecule has 3 N–H and O–H groups in total. The Balaban J connectivity index is 0.000000315. The molecule has 0 fully saturated rings. The van der Waals surface area contributed by atoms with Crippen molar-refractivity contribution in [2.24, 2.45) is 0 Å². The van der Waals surface area contributed by atoms with Crippen LogP contribution in [0.4, 0.5) is 0 Å². The summed E-state index contributed by atoms with van der Waals surface area (Å²) >= 11 is 0. The Bertz CT molecular complexity index is 641. The molecule has 0 atom stereocenters. The number of hydrogen-bond acceptors (Lipinski definition) is 4. The molecule has 0 saturated heterocycles. The van der Waals surface area contributed by atoms with E-state index in [0.717, 1.165) is 12.1 Å². The molecule has 0 aliphatic rings. The van der Waals surface area contributed by atoms with Crippen LogP contribution in [-0.4, -0.2) is 40.7 Å². The Kier molecular flexibility index (Phi) is 6.56. The number of fused-ring (bicyclic) bond motifs is 1. The summed E-state index contributed by atoms with van der Waals surface area (Å²) in [5, 5.41) is 19.0. The number of nitrogens with zero attached hydrogens (tertiary/aromatic N) is 1. The van der Waals surface area contributed by atoms with Gasteiger partial charge in [0.05, 0.1) is 5.52 Å². The molecule has 0 spiro atoms. The van der Waals surface area contributed by atoms with E-state index in [9.17, 15) is 0 Å². The first kappa shape index (κ1) is 16.3. The summed E-state index contributed by atoms with van der Waals surface area (Å²) in [5.41, 5.74) is 2.26. The second kappa shape index (κ2) is 8.44. The van der Waals surface area contributed by atoms with Gasteiger partial charge in [0.25, 0.3) is 0 Å². The van der Waals surface area contributed by atoms with E-state index in [1.165, 1.54) is 10.9 Å². The van der Waals surface area contributed by atoms with E-state index in [1.807, 2.05) is 25.4 Å². The number of hydrogen-bond donors (Lipinski definition) is 3. The fraction of sp³-hybridized carbons (Fsp3) is 0.133. The number of nitrogens with one attached hydrogen (secondary N) is 1. The normalized spacial score (nSPS) is 10.1. The third-order valence-corrected chi connectivity index (χ3v) is 2.44. The fourth-order valence-corrected chi connectivity index (χ4v) is 1.51. The SMILES string of the molecule is CNC/C=C\c1ccc2ncccc2c1.O=C(O)C(=O)O. The molecule has 6 heteroatoms. The summed E-state index contributed by atoms with van der Waals surface area (Å²) < 4.78 is 0. The second-order valence-electron chi connectivity index (χ2n) is 4.03. The summed E-state index contributed by atoms with van der Waals surface area (Å²) in [6.45, 7) is 0.894. The van der Waals surface area contributed by atoms with Gasteiger partial charge in [0.2, 0.25) is 0 Å². The average Bonchev–Trinajstić information content (AvgIpc) is 2.48. The Labute approximate surface area is 121 Å². The number of aliphatic carboxylic acids is 2. The van der Waals surface area contributed by atoms with Crippen LogP contribution in [0.5, 0.6) is 0 Å². The fourth-order valence-electron chi connectivity index (χ4n) is 1.51. The van der Waals surface area contributed by atoms with E-state index in [1.54, 1.807) is 0 Å². The van der Waals surface area contributed by atoms with Crippen LogP contribution in [0.25, 0.3) is 17.0 Å². The number of likely N-dealkylation sites (N-methyl/N-ethyl adjacent to an activating group) is 1. The van der Waals surface area contributed by atoms with Crippen LogP contribution in [0.2, 0.25) is 0 Å². The number of carbonyl (C=O) groups is 2. The topological polar surface area (TPSA) is 99.5 Å². The van der Waals surface area contributed by atoms with E-state index in [4.69, 9.17) is 19.8 Å². The molecule has 0 unspecified atom stereocenters. The van der Waals surface area contributed by atoms with Crippen molar-refractivity contribution >= 4 is 28.9 Å². The predicted molar refractivity (Wildman–Crippen MR) is 80.0 cm³/mol. The molecule has 2 rings (SSSR count). The highest BCUT2D eigenvalue weighted by Gasteiger charge is 2.04. The molecule has 1 heterocycles. The maximum absolute atomic E-state index is 9.10. The van der Waals surface area contributed by atoms with Gasteiger partial charge in [-0.1, -0.05) is 24.3 Å². The molecule has 0 aliphatic carbocycles. The minimum Gasteiger partial charge on any atom is -0.473 e. The van der Waals surface area contributed by atoms with Gasteiger partial charge in [-0.05, 0) is 30.8 Å². The highest BCUT2D eigenvalue weighted by molar-refractivity contribution is 6.27.